The van der Waals surface area contributed by atoms with Crippen molar-refractivity contribution in [1.82, 2.24) is 4.31 Å². The highest BCUT2D eigenvalue weighted by atomic mass is 32.2. The van der Waals surface area contributed by atoms with E-state index in [1.807, 2.05) is 54.3 Å². The van der Waals surface area contributed by atoms with E-state index in [0.29, 0.717) is 25.9 Å². The smallest absolute Gasteiger partial charge is 0.230 e. The van der Waals surface area contributed by atoms with Gasteiger partial charge in [0.15, 0.2) is 0 Å². The van der Waals surface area contributed by atoms with E-state index in [4.69, 9.17) is 0 Å². The van der Waals surface area contributed by atoms with Crippen molar-refractivity contribution in [2.45, 2.75) is 44.9 Å². The van der Waals surface area contributed by atoms with Crippen LogP contribution in [-0.2, 0) is 27.0 Å². The number of anilines is 1. The van der Waals surface area contributed by atoms with Gasteiger partial charge in [-0.25, -0.2) is 12.7 Å². The topological polar surface area (TPSA) is 57.7 Å². The molecule has 0 spiro atoms. The number of para-hydroxylation sites is 1. The number of rotatable bonds is 4. The Hall–Kier alpha value is -2.18. The Morgan fingerprint density at radius 3 is 2.41 bits per heavy atom. The summed E-state index contributed by atoms with van der Waals surface area (Å²) >= 11 is 0. The lowest BCUT2D eigenvalue weighted by molar-refractivity contribution is -0.123. The van der Waals surface area contributed by atoms with Crippen molar-refractivity contribution >= 4 is 21.6 Å². The largest absolute Gasteiger partial charge is 0.309 e. The Balaban J connectivity index is 1.42. The molecule has 1 atom stereocenters. The van der Waals surface area contributed by atoms with Gasteiger partial charge in [0.1, 0.15) is 0 Å². The summed E-state index contributed by atoms with van der Waals surface area (Å²) in [6, 6.07) is 15.8. The molecular formula is C23H28N2O3S. The number of carbonyl (C=O) groups excluding carboxylic acids is 1. The van der Waals surface area contributed by atoms with E-state index in [9.17, 15) is 13.2 Å². The van der Waals surface area contributed by atoms with Crippen LogP contribution in [0.2, 0.25) is 0 Å². The molecule has 0 bridgehead atoms. The van der Waals surface area contributed by atoms with Crippen LogP contribution in [0.25, 0.3) is 0 Å². The molecule has 0 radical (unpaired) electrons. The quantitative estimate of drug-likeness (QED) is 0.772. The monoisotopic (exact) mass is 412 g/mol. The molecular weight excluding hydrogens is 384 g/mol. The summed E-state index contributed by atoms with van der Waals surface area (Å²) in [5.74, 6) is 0.0429. The van der Waals surface area contributed by atoms with E-state index in [-0.39, 0.29) is 23.6 Å². The van der Waals surface area contributed by atoms with E-state index in [2.05, 4.69) is 13.0 Å². The molecule has 5 nitrogen and oxygen atoms in total. The zero-order valence-corrected chi connectivity index (χ0v) is 17.9. The third-order valence-electron chi connectivity index (χ3n) is 6.24. The van der Waals surface area contributed by atoms with Crippen LogP contribution in [0.3, 0.4) is 0 Å². The summed E-state index contributed by atoms with van der Waals surface area (Å²) < 4.78 is 27.3. The van der Waals surface area contributed by atoms with Crippen molar-refractivity contribution in [2.24, 2.45) is 5.92 Å². The lowest BCUT2D eigenvalue weighted by Gasteiger charge is -2.34. The first kappa shape index (κ1) is 20.1. The van der Waals surface area contributed by atoms with Crippen LogP contribution in [0.4, 0.5) is 5.69 Å². The fourth-order valence-corrected chi connectivity index (χ4v) is 6.21. The third-order valence-corrected chi connectivity index (χ3v) is 8.07. The highest BCUT2D eigenvalue weighted by molar-refractivity contribution is 7.88. The average molecular weight is 413 g/mol. The minimum atomic E-state index is -3.38. The number of fused-ring (bicyclic) bond motifs is 1. The zero-order chi connectivity index (χ0) is 20.6. The average Bonchev–Trinajstić information content (AvgIpc) is 3.05. The molecule has 1 saturated heterocycles. The highest BCUT2D eigenvalue weighted by Crippen LogP contribution is 2.35. The van der Waals surface area contributed by atoms with E-state index in [1.54, 1.807) is 4.31 Å². The fraction of sp³-hybridized carbons (Fsp3) is 0.435. The first-order valence-corrected chi connectivity index (χ1v) is 11.9. The number of piperidine rings is 1. The standard InChI is InChI=1S/C23H28N2O3S/c1-17-7-3-4-9-21(17)16-29(27,28)24-13-11-19(12-14-24)23(26)25-18(2)15-20-8-5-6-10-22(20)25/h3-10,18-19H,11-16H2,1-2H3/t18-/m1/s1. The fourth-order valence-electron chi connectivity index (χ4n) is 4.54. The van der Waals surface area contributed by atoms with Gasteiger partial charge < -0.3 is 4.90 Å². The zero-order valence-electron chi connectivity index (χ0n) is 17.0. The summed E-state index contributed by atoms with van der Waals surface area (Å²) in [6.07, 6.45) is 2.04. The van der Waals surface area contributed by atoms with Crippen molar-refractivity contribution in [3.8, 4) is 0 Å². The van der Waals surface area contributed by atoms with Crippen LogP contribution in [-0.4, -0.2) is 37.8 Å². The van der Waals surface area contributed by atoms with Crippen LogP contribution in [0.15, 0.2) is 48.5 Å². The van der Waals surface area contributed by atoms with Gasteiger partial charge in [-0.15, -0.1) is 0 Å². The molecule has 154 valence electrons. The normalized spacial score (nSPS) is 20.6. The molecule has 1 fully saturated rings. The van der Waals surface area contributed by atoms with Crippen molar-refractivity contribution in [2.75, 3.05) is 18.0 Å². The van der Waals surface area contributed by atoms with Gasteiger partial charge in [0.05, 0.1) is 5.75 Å². The second-order valence-corrected chi connectivity index (χ2v) is 10.2. The molecule has 2 aromatic rings. The van der Waals surface area contributed by atoms with Gasteiger partial charge in [-0.3, -0.25) is 4.79 Å². The van der Waals surface area contributed by atoms with Crippen molar-refractivity contribution in [3.05, 3.63) is 65.2 Å². The Labute approximate surface area is 173 Å². The van der Waals surface area contributed by atoms with Crippen LogP contribution < -0.4 is 4.90 Å². The predicted octanol–water partition coefficient (Wildman–Crippen LogP) is 3.51. The SMILES string of the molecule is Cc1ccccc1CS(=O)(=O)N1CCC(C(=O)N2c3ccccc3C[C@H]2C)CC1. The number of benzene rings is 2. The van der Waals surface area contributed by atoms with Gasteiger partial charge in [-0.1, -0.05) is 42.5 Å². The van der Waals surface area contributed by atoms with Crippen molar-refractivity contribution in [3.63, 3.8) is 0 Å². The summed E-state index contributed by atoms with van der Waals surface area (Å²) in [5.41, 5.74) is 4.06. The highest BCUT2D eigenvalue weighted by Gasteiger charge is 2.37. The van der Waals surface area contributed by atoms with Gasteiger partial charge in [0.2, 0.25) is 15.9 Å². The Bertz CT molecular complexity index is 1010. The van der Waals surface area contributed by atoms with Crippen LogP contribution >= 0.6 is 0 Å². The lowest BCUT2D eigenvalue weighted by atomic mass is 9.96. The van der Waals surface area contributed by atoms with Gasteiger partial charge in [0.25, 0.3) is 0 Å². The molecule has 6 heteroatoms. The molecule has 0 N–H and O–H groups in total. The molecule has 4 rings (SSSR count). The molecule has 2 aliphatic heterocycles. The third kappa shape index (κ3) is 3.96. The van der Waals surface area contributed by atoms with E-state index >= 15 is 0 Å². The minimum absolute atomic E-state index is 0.0226. The lowest BCUT2D eigenvalue weighted by Crippen LogP contribution is -2.46. The second-order valence-electron chi connectivity index (χ2n) is 8.25. The molecule has 2 heterocycles. The van der Waals surface area contributed by atoms with E-state index in [1.165, 1.54) is 5.56 Å². The second kappa shape index (κ2) is 7.92. The van der Waals surface area contributed by atoms with Gasteiger partial charge >= 0.3 is 0 Å². The van der Waals surface area contributed by atoms with Gasteiger partial charge in [-0.2, -0.15) is 0 Å². The number of amides is 1. The van der Waals surface area contributed by atoms with E-state index in [0.717, 1.165) is 23.2 Å². The first-order chi connectivity index (χ1) is 13.9. The summed E-state index contributed by atoms with van der Waals surface area (Å²) in [6.45, 7) is 4.84. The van der Waals surface area contributed by atoms with Crippen molar-refractivity contribution in [1.29, 1.82) is 0 Å². The molecule has 1 amide bonds. The number of hydrogen-bond acceptors (Lipinski definition) is 3. The maximum absolute atomic E-state index is 13.2. The molecule has 0 saturated carbocycles. The maximum Gasteiger partial charge on any atom is 0.230 e. The Kier molecular flexibility index (Phi) is 5.49. The molecule has 0 aromatic heterocycles. The van der Waals surface area contributed by atoms with E-state index < -0.39 is 10.0 Å². The molecule has 2 aromatic carbocycles. The number of nitrogens with zero attached hydrogens (tertiary/aromatic N) is 2. The minimum Gasteiger partial charge on any atom is -0.309 e. The Morgan fingerprint density at radius 1 is 1.03 bits per heavy atom. The van der Waals surface area contributed by atoms with Gasteiger partial charge in [0, 0.05) is 30.7 Å². The van der Waals surface area contributed by atoms with Gasteiger partial charge in [-0.05, 0) is 55.9 Å². The number of hydrogen-bond donors (Lipinski definition) is 0. The maximum atomic E-state index is 13.2. The summed E-state index contributed by atoms with van der Waals surface area (Å²) in [5, 5.41) is 0. The molecule has 2 aliphatic rings. The molecule has 29 heavy (non-hydrogen) atoms. The number of carbonyl (C=O) groups is 1. The Morgan fingerprint density at radius 2 is 1.69 bits per heavy atom. The molecule has 0 aliphatic carbocycles. The van der Waals surface area contributed by atoms with Crippen LogP contribution in [0.1, 0.15) is 36.5 Å². The van der Waals surface area contributed by atoms with Crippen LogP contribution in [0.5, 0.6) is 0 Å². The predicted molar refractivity (Wildman–Crippen MR) is 115 cm³/mol. The summed E-state index contributed by atoms with van der Waals surface area (Å²) in [7, 11) is -3.38. The number of aryl methyl sites for hydroxylation is 1. The number of sulfonamides is 1. The van der Waals surface area contributed by atoms with Crippen LogP contribution in [0, 0.1) is 12.8 Å². The molecule has 0 unspecified atom stereocenters. The summed E-state index contributed by atoms with van der Waals surface area (Å²) in [4.78, 5) is 15.2. The first-order valence-electron chi connectivity index (χ1n) is 10.3. The van der Waals surface area contributed by atoms with Crippen molar-refractivity contribution < 1.29 is 13.2 Å².